The third-order valence-electron chi connectivity index (χ3n) is 6.32. The van der Waals surface area contributed by atoms with Gasteiger partial charge in [0.25, 0.3) is 5.91 Å². The number of rotatable bonds is 6. The second-order valence-corrected chi connectivity index (χ2v) is 8.30. The Bertz CT molecular complexity index is 1050. The number of carbonyl (C=O) groups excluding carboxylic acids is 1. The standard InChI is InChI=1S/C22H30N8O/c1-15-16(2)21(27-30(14-23)20(15)24)29-9-5-19-18(13-29)11-17(12-26-19)22(31)25-6-10-28-7-3-4-8-28/h11-12,14,23-24H,3-10,13H2,1-2H3,(H,25,31). The van der Waals surface area contributed by atoms with E-state index in [1.165, 1.54) is 17.5 Å². The van der Waals surface area contributed by atoms with E-state index in [1.54, 1.807) is 6.20 Å². The molecule has 2 aliphatic heterocycles. The molecule has 2 aromatic heterocycles. The third kappa shape index (κ3) is 4.36. The van der Waals surface area contributed by atoms with Gasteiger partial charge in [-0.05, 0) is 57.0 Å². The van der Waals surface area contributed by atoms with Crippen molar-refractivity contribution >= 4 is 18.1 Å². The summed E-state index contributed by atoms with van der Waals surface area (Å²) in [6.45, 7) is 8.98. The number of nitrogens with zero attached hydrogens (tertiary/aromatic N) is 5. The number of hydrogen-bond acceptors (Lipinski definition) is 7. The van der Waals surface area contributed by atoms with Crippen LogP contribution in [0.3, 0.4) is 0 Å². The molecule has 0 aromatic carbocycles. The Morgan fingerprint density at radius 3 is 2.74 bits per heavy atom. The zero-order valence-electron chi connectivity index (χ0n) is 18.2. The smallest absolute Gasteiger partial charge is 0.252 e. The summed E-state index contributed by atoms with van der Waals surface area (Å²) in [5.41, 5.74) is 4.59. The highest BCUT2D eigenvalue weighted by molar-refractivity contribution is 5.94. The second kappa shape index (κ2) is 8.97. The average Bonchev–Trinajstić information content (AvgIpc) is 3.30. The minimum atomic E-state index is -0.0861. The maximum atomic E-state index is 12.6. The van der Waals surface area contributed by atoms with Crippen LogP contribution >= 0.6 is 0 Å². The number of pyridine rings is 1. The van der Waals surface area contributed by atoms with E-state index in [4.69, 9.17) is 10.8 Å². The first-order valence-corrected chi connectivity index (χ1v) is 10.9. The van der Waals surface area contributed by atoms with Crippen molar-refractivity contribution in [2.75, 3.05) is 37.6 Å². The molecule has 0 unspecified atom stereocenters. The Hall–Kier alpha value is -3.07. The fourth-order valence-electron chi connectivity index (χ4n) is 4.31. The van der Waals surface area contributed by atoms with Gasteiger partial charge in [0.2, 0.25) is 0 Å². The minimum absolute atomic E-state index is 0.0861. The van der Waals surface area contributed by atoms with Crippen LogP contribution in [0.25, 0.3) is 0 Å². The molecule has 9 nitrogen and oxygen atoms in total. The summed E-state index contributed by atoms with van der Waals surface area (Å²) in [4.78, 5) is 21.7. The van der Waals surface area contributed by atoms with Crippen LogP contribution in [0.5, 0.6) is 0 Å². The van der Waals surface area contributed by atoms with Crippen molar-refractivity contribution in [2.24, 2.45) is 0 Å². The number of aromatic nitrogens is 3. The van der Waals surface area contributed by atoms with E-state index < -0.39 is 0 Å². The van der Waals surface area contributed by atoms with Gasteiger partial charge >= 0.3 is 0 Å². The maximum Gasteiger partial charge on any atom is 0.252 e. The molecule has 0 spiro atoms. The van der Waals surface area contributed by atoms with Gasteiger partial charge in [-0.1, -0.05) is 0 Å². The summed E-state index contributed by atoms with van der Waals surface area (Å²) in [6.07, 6.45) is 5.99. The molecule has 31 heavy (non-hydrogen) atoms. The highest BCUT2D eigenvalue weighted by Gasteiger charge is 2.23. The fraction of sp³-hybridized carbons (Fsp3) is 0.500. The molecule has 0 saturated carbocycles. The molecular weight excluding hydrogens is 392 g/mol. The summed E-state index contributed by atoms with van der Waals surface area (Å²) in [5.74, 6) is 0.681. The van der Waals surface area contributed by atoms with Gasteiger partial charge in [-0.15, -0.1) is 5.10 Å². The van der Waals surface area contributed by atoms with E-state index in [1.807, 2.05) is 19.9 Å². The number of likely N-dealkylation sites (tertiary alicyclic amines) is 1. The van der Waals surface area contributed by atoms with Crippen LogP contribution < -0.4 is 15.7 Å². The molecule has 9 heteroatoms. The van der Waals surface area contributed by atoms with Gasteiger partial charge in [-0.25, -0.2) is 4.68 Å². The molecule has 0 radical (unpaired) electrons. The summed E-state index contributed by atoms with van der Waals surface area (Å²) in [7, 11) is 0. The number of hydrogen-bond donors (Lipinski definition) is 3. The third-order valence-corrected chi connectivity index (χ3v) is 6.32. The predicted octanol–water partition coefficient (Wildman–Crippen LogP) is 1.22. The molecule has 0 aliphatic carbocycles. The quantitative estimate of drug-likeness (QED) is 0.478. The van der Waals surface area contributed by atoms with Crippen LogP contribution in [-0.4, -0.2) is 64.6 Å². The van der Waals surface area contributed by atoms with Gasteiger partial charge in [-0.3, -0.25) is 20.6 Å². The lowest BCUT2D eigenvalue weighted by Gasteiger charge is -2.31. The Labute approximate surface area is 182 Å². The van der Waals surface area contributed by atoms with Crippen LogP contribution in [0.1, 0.15) is 45.6 Å². The monoisotopic (exact) mass is 422 g/mol. The van der Waals surface area contributed by atoms with E-state index >= 15 is 0 Å². The van der Waals surface area contributed by atoms with E-state index in [-0.39, 0.29) is 11.4 Å². The van der Waals surface area contributed by atoms with Gasteiger partial charge < -0.3 is 15.1 Å². The van der Waals surface area contributed by atoms with Crippen molar-refractivity contribution in [1.29, 1.82) is 10.8 Å². The Morgan fingerprint density at radius 1 is 1.23 bits per heavy atom. The Balaban J connectivity index is 1.49. The molecule has 164 valence electrons. The van der Waals surface area contributed by atoms with Crippen LogP contribution in [0, 0.1) is 24.7 Å². The van der Waals surface area contributed by atoms with Crippen molar-refractivity contribution in [3.8, 4) is 0 Å². The SMILES string of the molecule is Cc1c(N2CCc3ncc(C(=O)NCCN4CCCC4)cc3C2)nn(C=N)c(=N)c1C. The van der Waals surface area contributed by atoms with Crippen molar-refractivity contribution in [1.82, 2.24) is 25.0 Å². The van der Waals surface area contributed by atoms with Crippen molar-refractivity contribution in [3.05, 3.63) is 45.7 Å². The highest BCUT2D eigenvalue weighted by atomic mass is 16.1. The molecule has 4 rings (SSSR count). The lowest BCUT2D eigenvalue weighted by Crippen LogP contribution is -2.36. The highest BCUT2D eigenvalue weighted by Crippen LogP contribution is 2.25. The van der Waals surface area contributed by atoms with E-state index in [0.717, 1.165) is 67.1 Å². The predicted molar refractivity (Wildman–Crippen MR) is 119 cm³/mol. The largest absolute Gasteiger partial charge is 0.351 e. The van der Waals surface area contributed by atoms with Crippen LogP contribution in [0.2, 0.25) is 0 Å². The zero-order chi connectivity index (χ0) is 22.0. The molecular formula is C22H30N8O. The number of nitrogens with one attached hydrogen (secondary N) is 3. The normalized spacial score (nSPS) is 16.3. The zero-order valence-corrected chi connectivity index (χ0v) is 18.2. The molecule has 2 aliphatic rings. The van der Waals surface area contributed by atoms with Crippen LogP contribution in [0.4, 0.5) is 5.82 Å². The van der Waals surface area contributed by atoms with Crippen LogP contribution in [-0.2, 0) is 13.0 Å². The number of anilines is 1. The number of amides is 1. The summed E-state index contributed by atoms with van der Waals surface area (Å²) >= 11 is 0. The van der Waals surface area contributed by atoms with Gasteiger partial charge in [-0.2, -0.15) is 0 Å². The van der Waals surface area contributed by atoms with Gasteiger partial charge in [0, 0.05) is 50.1 Å². The fourth-order valence-corrected chi connectivity index (χ4v) is 4.31. The molecule has 2 aromatic rings. The summed E-state index contributed by atoms with van der Waals surface area (Å²) in [6, 6.07) is 1.94. The summed E-state index contributed by atoms with van der Waals surface area (Å²) in [5, 5.41) is 23.2. The molecule has 0 bridgehead atoms. The molecule has 4 heterocycles. The van der Waals surface area contributed by atoms with E-state index in [9.17, 15) is 4.79 Å². The van der Waals surface area contributed by atoms with E-state index in [2.05, 4.69) is 25.2 Å². The van der Waals surface area contributed by atoms with Crippen molar-refractivity contribution < 1.29 is 4.79 Å². The maximum absolute atomic E-state index is 12.6. The molecule has 3 N–H and O–H groups in total. The molecule has 1 fully saturated rings. The topological polar surface area (TPSA) is 114 Å². The van der Waals surface area contributed by atoms with Gasteiger partial charge in [0.1, 0.15) is 6.34 Å². The van der Waals surface area contributed by atoms with Crippen molar-refractivity contribution in [2.45, 2.75) is 39.7 Å². The van der Waals surface area contributed by atoms with Gasteiger partial charge in [0.05, 0.1) is 5.56 Å². The first kappa shape index (κ1) is 21.2. The number of carbonyl (C=O) groups is 1. The Kier molecular flexibility index (Phi) is 6.13. The van der Waals surface area contributed by atoms with Gasteiger partial charge in [0.15, 0.2) is 11.3 Å². The number of fused-ring (bicyclic) bond motifs is 1. The minimum Gasteiger partial charge on any atom is -0.351 e. The van der Waals surface area contributed by atoms with Crippen molar-refractivity contribution in [3.63, 3.8) is 0 Å². The first-order chi connectivity index (χ1) is 15.0. The second-order valence-electron chi connectivity index (χ2n) is 8.30. The molecule has 0 atom stereocenters. The van der Waals surface area contributed by atoms with Crippen LogP contribution in [0.15, 0.2) is 12.3 Å². The molecule has 1 saturated heterocycles. The first-order valence-electron chi connectivity index (χ1n) is 10.9. The lowest BCUT2D eigenvalue weighted by molar-refractivity contribution is 0.0949. The average molecular weight is 423 g/mol. The molecule has 1 amide bonds. The lowest BCUT2D eigenvalue weighted by atomic mass is 10.0. The van der Waals surface area contributed by atoms with E-state index in [0.29, 0.717) is 18.7 Å². The Morgan fingerprint density at radius 2 is 2.00 bits per heavy atom. The summed E-state index contributed by atoms with van der Waals surface area (Å²) < 4.78 is 1.29.